The van der Waals surface area contributed by atoms with Gasteiger partial charge in [0.15, 0.2) is 5.65 Å². The Balaban J connectivity index is 1.62. The molecule has 4 rings (SSSR count). The Labute approximate surface area is 151 Å². The fourth-order valence-corrected chi connectivity index (χ4v) is 3.06. The number of hydrogen-bond acceptors (Lipinski definition) is 5. The molecule has 10 heteroatoms. The van der Waals surface area contributed by atoms with Crippen LogP contribution in [0.15, 0.2) is 42.6 Å². The summed E-state index contributed by atoms with van der Waals surface area (Å²) in [5, 5.41) is 11.1. The number of hydrogen-bond donors (Lipinski definition) is 0. The van der Waals surface area contributed by atoms with Crippen molar-refractivity contribution in [3.8, 4) is 0 Å². The number of halogens is 3. The summed E-state index contributed by atoms with van der Waals surface area (Å²) in [5.41, 5.74) is 0.684. The van der Waals surface area contributed by atoms with Crippen molar-refractivity contribution in [2.75, 3.05) is 19.8 Å². The monoisotopic (exact) mass is 377 g/mol. The number of alkyl halides is 3. The van der Waals surface area contributed by atoms with Crippen molar-refractivity contribution in [2.24, 2.45) is 0 Å². The standard InChI is InChI=1S/C17H14F3N5O2/c18-17(19,20)13-3-1-11(2-4-13)14-10-27-8-7-24(14)16(26)12-5-6-25-15(9-12)21-22-23-25/h1-6,9,14H,7-8,10H2. The highest BCUT2D eigenvalue weighted by Gasteiger charge is 2.32. The summed E-state index contributed by atoms with van der Waals surface area (Å²) in [4.78, 5) is 14.6. The fourth-order valence-electron chi connectivity index (χ4n) is 3.06. The smallest absolute Gasteiger partial charge is 0.377 e. The molecule has 7 nitrogen and oxygen atoms in total. The molecule has 0 spiro atoms. The number of carbonyl (C=O) groups excluding carboxylic acids is 1. The van der Waals surface area contributed by atoms with E-state index in [-0.39, 0.29) is 12.5 Å². The number of rotatable bonds is 2. The number of amides is 1. The van der Waals surface area contributed by atoms with Gasteiger partial charge in [-0.15, -0.1) is 5.10 Å². The van der Waals surface area contributed by atoms with Gasteiger partial charge in [0.1, 0.15) is 0 Å². The van der Waals surface area contributed by atoms with Crippen LogP contribution in [0.25, 0.3) is 5.65 Å². The summed E-state index contributed by atoms with van der Waals surface area (Å²) < 4.78 is 45.2. The van der Waals surface area contributed by atoms with E-state index in [1.807, 2.05) is 0 Å². The van der Waals surface area contributed by atoms with Gasteiger partial charge in [-0.1, -0.05) is 12.1 Å². The first kappa shape index (κ1) is 17.4. The molecule has 3 heterocycles. The lowest BCUT2D eigenvalue weighted by Gasteiger charge is -2.36. The molecule has 1 saturated heterocycles. The number of aromatic nitrogens is 4. The first-order valence-electron chi connectivity index (χ1n) is 8.17. The number of tetrazole rings is 1. The van der Waals surface area contributed by atoms with Crippen molar-refractivity contribution in [1.29, 1.82) is 0 Å². The Bertz CT molecular complexity index is 971. The minimum Gasteiger partial charge on any atom is -0.377 e. The highest BCUT2D eigenvalue weighted by molar-refractivity contribution is 5.95. The van der Waals surface area contributed by atoms with Crippen LogP contribution < -0.4 is 0 Å². The first-order chi connectivity index (χ1) is 12.9. The third kappa shape index (κ3) is 3.35. The number of morpholine rings is 1. The van der Waals surface area contributed by atoms with Crippen LogP contribution >= 0.6 is 0 Å². The number of fused-ring (bicyclic) bond motifs is 1. The lowest BCUT2D eigenvalue weighted by Crippen LogP contribution is -2.43. The van der Waals surface area contributed by atoms with E-state index in [9.17, 15) is 18.0 Å². The van der Waals surface area contributed by atoms with Gasteiger partial charge in [0, 0.05) is 18.3 Å². The van der Waals surface area contributed by atoms with Crippen LogP contribution in [0, 0.1) is 0 Å². The summed E-state index contributed by atoms with van der Waals surface area (Å²) in [6.07, 6.45) is -2.82. The van der Waals surface area contributed by atoms with Gasteiger partial charge in [-0.05, 0) is 40.3 Å². The van der Waals surface area contributed by atoms with Crippen molar-refractivity contribution in [1.82, 2.24) is 24.9 Å². The van der Waals surface area contributed by atoms with E-state index >= 15 is 0 Å². The second kappa shape index (κ2) is 6.62. The molecule has 1 amide bonds. The molecule has 1 unspecified atom stereocenters. The van der Waals surface area contributed by atoms with Crippen molar-refractivity contribution in [2.45, 2.75) is 12.2 Å². The molecular formula is C17H14F3N5O2. The molecule has 2 aromatic heterocycles. The van der Waals surface area contributed by atoms with E-state index in [4.69, 9.17) is 4.74 Å². The molecule has 140 valence electrons. The zero-order valence-corrected chi connectivity index (χ0v) is 13.9. The second-order valence-corrected chi connectivity index (χ2v) is 6.11. The minimum absolute atomic E-state index is 0.214. The number of pyridine rings is 1. The van der Waals surface area contributed by atoms with Gasteiger partial charge < -0.3 is 9.64 Å². The summed E-state index contributed by atoms with van der Waals surface area (Å²) in [5.74, 6) is -0.256. The second-order valence-electron chi connectivity index (χ2n) is 6.11. The average Bonchev–Trinajstić information content (AvgIpc) is 3.14. The lowest BCUT2D eigenvalue weighted by molar-refractivity contribution is -0.137. The first-order valence-corrected chi connectivity index (χ1v) is 8.17. The topological polar surface area (TPSA) is 72.6 Å². The van der Waals surface area contributed by atoms with Crippen molar-refractivity contribution in [3.05, 3.63) is 59.3 Å². The Morgan fingerprint density at radius 3 is 2.70 bits per heavy atom. The van der Waals surface area contributed by atoms with Gasteiger partial charge in [-0.3, -0.25) is 4.79 Å². The number of ether oxygens (including phenoxy) is 1. The van der Waals surface area contributed by atoms with Gasteiger partial charge in [-0.25, -0.2) is 4.52 Å². The summed E-state index contributed by atoms with van der Waals surface area (Å²) >= 11 is 0. The van der Waals surface area contributed by atoms with Gasteiger partial charge >= 0.3 is 6.18 Å². The summed E-state index contributed by atoms with van der Waals surface area (Å²) in [6.45, 7) is 0.907. The molecule has 1 atom stereocenters. The molecule has 0 aliphatic carbocycles. The number of nitrogens with zero attached hydrogens (tertiary/aromatic N) is 5. The van der Waals surface area contributed by atoms with Crippen molar-refractivity contribution >= 4 is 11.6 Å². The molecule has 0 N–H and O–H groups in total. The van der Waals surface area contributed by atoms with Crippen LogP contribution in [0.5, 0.6) is 0 Å². The molecular weight excluding hydrogens is 363 g/mol. The fraction of sp³-hybridized carbons (Fsp3) is 0.294. The van der Waals surface area contributed by atoms with E-state index < -0.39 is 17.8 Å². The zero-order chi connectivity index (χ0) is 19.0. The van der Waals surface area contributed by atoms with Crippen LogP contribution in [0.2, 0.25) is 0 Å². The van der Waals surface area contributed by atoms with Crippen LogP contribution in [0.3, 0.4) is 0 Å². The van der Waals surface area contributed by atoms with Crippen LogP contribution in [0.4, 0.5) is 13.2 Å². The molecule has 1 fully saturated rings. The SMILES string of the molecule is O=C(c1ccn2nnnc2c1)N1CCOCC1c1ccc(C(F)(F)F)cc1. The van der Waals surface area contributed by atoms with Crippen LogP contribution in [0.1, 0.15) is 27.5 Å². The highest BCUT2D eigenvalue weighted by Crippen LogP contribution is 2.32. The van der Waals surface area contributed by atoms with Crippen molar-refractivity contribution < 1.29 is 22.7 Å². The average molecular weight is 377 g/mol. The molecule has 1 aliphatic heterocycles. The molecule has 0 saturated carbocycles. The Morgan fingerprint density at radius 1 is 1.19 bits per heavy atom. The summed E-state index contributed by atoms with van der Waals surface area (Å²) in [7, 11) is 0. The lowest BCUT2D eigenvalue weighted by atomic mass is 10.0. The molecule has 1 aromatic carbocycles. The quantitative estimate of drug-likeness (QED) is 0.686. The molecule has 3 aromatic rings. The number of carbonyl (C=O) groups is 1. The van der Waals surface area contributed by atoms with Gasteiger partial charge in [0.05, 0.1) is 24.8 Å². The largest absolute Gasteiger partial charge is 0.416 e. The Hall–Kier alpha value is -3.01. The maximum Gasteiger partial charge on any atom is 0.416 e. The molecule has 0 bridgehead atoms. The Kier molecular flexibility index (Phi) is 4.27. The molecule has 1 aliphatic rings. The van der Waals surface area contributed by atoms with Gasteiger partial charge in [0.25, 0.3) is 5.91 Å². The van der Waals surface area contributed by atoms with E-state index in [2.05, 4.69) is 15.5 Å². The van der Waals surface area contributed by atoms with Gasteiger partial charge in [-0.2, -0.15) is 13.2 Å². The van der Waals surface area contributed by atoms with E-state index in [0.717, 1.165) is 12.1 Å². The predicted molar refractivity (Wildman–Crippen MR) is 86.8 cm³/mol. The Morgan fingerprint density at radius 2 is 1.96 bits per heavy atom. The van der Waals surface area contributed by atoms with Crippen LogP contribution in [-0.2, 0) is 10.9 Å². The van der Waals surface area contributed by atoms with Crippen LogP contribution in [-0.4, -0.2) is 50.6 Å². The molecule has 0 radical (unpaired) electrons. The predicted octanol–water partition coefficient (Wildman–Crippen LogP) is 2.36. The zero-order valence-electron chi connectivity index (χ0n) is 13.9. The normalized spacial score (nSPS) is 18.0. The number of benzene rings is 1. The maximum absolute atomic E-state index is 13.0. The minimum atomic E-state index is -4.40. The third-order valence-electron chi connectivity index (χ3n) is 4.46. The highest BCUT2D eigenvalue weighted by atomic mass is 19.4. The summed E-state index contributed by atoms with van der Waals surface area (Å²) in [6, 6.07) is 7.50. The van der Waals surface area contributed by atoms with Gasteiger partial charge in [0.2, 0.25) is 0 Å². The molecule has 27 heavy (non-hydrogen) atoms. The van der Waals surface area contributed by atoms with E-state index in [0.29, 0.717) is 29.9 Å². The van der Waals surface area contributed by atoms with Crippen molar-refractivity contribution in [3.63, 3.8) is 0 Å². The maximum atomic E-state index is 13.0. The van der Waals surface area contributed by atoms with E-state index in [1.54, 1.807) is 23.2 Å². The van der Waals surface area contributed by atoms with E-state index in [1.165, 1.54) is 16.6 Å². The third-order valence-corrected chi connectivity index (χ3v) is 4.46.